The Kier molecular flexibility index (Phi) is 3.03. The van der Waals surface area contributed by atoms with Crippen LogP contribution in [0.15, 0.2) is 0 Å². The van der Waals surface area contributed by atoms with E-state index < -0.39 is 0 Å². The zero-order valence-electron chi connectivity index (χ0n) is 11.7. The highest BCUT2D eigenvalue weighted by atomic mass is 16.2. The highest BCUT2D eigenvalue weighted by molar-refractivity contribution is 5.80. The van der Waals surface area contributed by atoms with Crippen molar-refractivity contribution < 1.29 is 4.79 Å². The molecule has 4 nitrogen and oxygen atoms in total. The van der Waals surface area contributed by atoms with Gasteiger partial charge in [0, 0.05) is 51.2 Å². The van der Waals surface area contributed by atoms with Gasteiger partial charge in [0.2, 0.25) is 5.91 Å². The molecule has 19 heavy (non-hydrogen) atoms. The first-order valence-corrected chi connectivity index (χ1v) is 8.05. The van der Waals surface area contributed by atoms with E-state index in [4.69, 9.17) is 0 Å². The van der Waals surface area contributed by atoms with Crippen molar-refractivity contribution in [2.45, 2.75) is 31.7 Å². The number of carbonyl (C=O) groups is 1. The Morgan fingerprint density at radius 3 is 2.47 bits per heavy atom. The molecule has 106 valence electrons. The molecular formula is C15H25N3O. The summed E-state index contributed by atoms with van der Waals surface area (Å²) in [6.07, 6.45) is 5.23. The van der Waals surface area contributed by atoms with Gasteiger partial charge in [0.05, 0.1) is 0 Å². The maximum absolute atomic E-state index is 12.5. The Hall–Kier alpha value is -0.610. The molecule has 1 amide bonds. The molecule has 2 heterocycles. The van der Waals surface area contributed by atoms with Gasteiger partial charge in [-0.1, -0.05) is 6.42 Å². The summed E-state index contributed by atoms with van der Waals surface area (Å²) in [6.45, 7) is 6.51. The average Bonchev–Trinajstić information content (AvgIpc) is 3.00. The Morgan fingerprint density at radius 2 is 1.84 bits per heavy atom. The monoisotopic (exact) mass is 263 g/mol. The van der Waals surface area contributed by atoms with Gasteiger partial charge in [0.15, 0.2) is 0 Å². The molecule has 4 aliphatic rings. The third kappa shape index (κ3) is 2.09. The molecule has 2 bridgehead atoms. The summed E-state index contributed by atoms with van der Waals surface area (Å²) >= 11 is 0. The van der Waals surface area contributed by atoms with Crippen LogP contribution in [0.4, 0.5) is 0 Å². The summed E-state index contributed by atoms with van der Waals surface area (Å²) in [6, 6.07) is 0.643. The average molecular weight is 263 g/mol. The molecule has 0 aromatic heterocycles. The van der Waals surface area contributed by atoms with Gasteiger partial charge in [0.1, 0.15) is 0 Å². The van der Waals surface area contributed by atoms with Gasteiger partial charge in [-0.05, 0) is 31.1 Å². The number of rotatable bonds is 2. The fourth-order valence-corrected chi connectivity index (χ4v) is 4.70. The highest BCUT2D eigenvalue weighted by Gasteiger charge is 2.46. The summed E-state index contributed by atoms with van der Waals surface area (Å²) < 4.78 is 0. The van der Waals surface area contributed by atoms with E-state index in [1.807, 2.05) is 0 Å². The minimum Gasteiger partial charge on any atom is -0.339 e. The van der Waals surface area contributed by atoms with Gasteiger partial charge in [0.25, 0.3) is 0 Å². The van der Waals surface area contributed by atoms with Crippen molar-refractivity contribution in [2.24, 2.45) is 17.8 Å². The van der Waals surface area contributed by atoms with Crippen molar-refractivity contribution in [3.63, 3.8) is 0 Å². The van der Waals surface area contributed by atoms with Gasteiger partial charge >= 0.3 is 0 Å². The predicted molar refractivity (Wildman–Crippen MR) is 73.7 cm³/mol. The van der Waals surface area contributed by atoms with E-state index in [0.29, 0.717) is 17.9 Å². The second kappa shape index (κ2) is 4.74. The summed E-state index contributed by atoms with van der Waals surface area (Å²) in [4.78, 5) is 17.2. The summed E-state index contributed by atoms with van der Waals surface area (Å²) in [7, 11) is 0. The fraction of sp³-hybridized carbons (Fsp3) is 0.933. The van der Waals surface area contributed by atoms with Gasteiger partial charge < -0.3 is 10.2 Å². The lowest BCUT2D eigenvalue weighted by Gasteiger charge is -2.48. The first-order valence-electron chi connectivity index (χ1n) is 8.05. The van der Waals surface area contributed by atoms with Crippen molar-refractivity contribution in [1.82, 2.24) is 15.1 Å². The first kappa shape index (κ1) is 12.2. The van der Waals surface area contributed by atoms with Crippen LogP contribution in [0.3, 0.4) is 0 Å². The van der Waals surface area contributed by atoms with Crippen LogP contribution in [0.1, 0.15) is 25.7 Å². The van der Waals surface area contributed by atoms with E-state index in [1.54, 1.807) is 0 Å². The van der Waals surface area contributed by atoms with E-state index in [0.717, 1.165) is 51.1 Å². The number of amides is 1. The number of likely N-dealkylation sites (tertiary alicyclic amines) is 1. The molecule has 4 rings (SSSR count). The highest BCUT2D eigenvalue weighted by Crippen LogP contribution is 2.49. The van der Waals surface area contributed by atoms with Crippen molar-refractivity contribution in [2.75, 3.05) is 39.3 Å². The van der Waals surface area contributed by atoms with Gasteiger partial charge in [-0.3, -0.25) is 9.69 Å². The number of piperazine rings is 1. The smallest absolute Gasteiger partial charge is 0.226 e. The molecule has 2 aliphatic carbocycles. The van der Waals surface area contributed by atoms with Crippen LogP contribution in [-0.4, -0.2) is 61.0 Å². The quantitative estimate of drug-likeness (QED) is 0.790. The third-order valence-electron chi connectivity index (χ3n) is 5.90. The van der Waals surface area contributed by atoms with Crippen molar-refractivity contribution in [3.8, 4) is 0 Å². The largest absolute Gasteiger partial charge is 0.339 e. The van der Waals surface area contributed by atoms with Crippen LogP contribution in [0, 0.1) is 17.8 Å². The Bertz CT molecular complexity index is 360. The Morgan fingerprint density at radius 1 is 1.05 bits per heavy atom. The molecule has 2 saturated heterocycles. The Labute approximate surface area is 115 Å². The summed E-state index contributed by atoms with van der Waals surface area (Å²) in [5.74, 6) is 2.49. The number of fused-ring (bicyclic) bond motifs is 2. The maximum Gasteiger partial charge on any atom is 0.226 e. The SMILES string of the molecule is O=C(C1CC2CCC1C2)N1CC(N2CCNCC2)C1. The standard InChI is InChI=1S/C15H25N3O/c19-15(14-8-11-1-2-12(14)7-11)18-9-13(10-18)17-5-3-16-4-6-17/h11-14,16H,1-10H2. The lowest BCUT2D eigenvalue weighted by molar-refractivity contribution is -0.145. The van der Waals surface area contributed by atoms with Crippen LogP contribution in [0.2, 0.25) is 0 Å². The zero-order valence-corrected chi connectivity index (χ0v) is 11.7. The molecule has 0 spiro atoms. The lowest BCUT2D eigenvalue weighted by Crippen LogP contribution is -2.64. The van der Waals surface area contributed by atoms with Gasteiger partial charge in [-0.25, -0.2) is 0 Å². The summed E-state index contributed by atoms with van der Waals surface area (Å²) in [5.41, 5.74) is 0. The van der Waals surface area contributed by atoms with E-state index in [2.05, 4.69) is 15.1 Å². The molecule has 0 aromatic rings. The molecule has 3 atom stereocenters. The van der Waals surface area contributed by atoms with Gasteiger partial charge in [-0.15, -0.1) is 0 Å². The molecule has 3 unspecified atom stereocenters. The maximum atomic E-state index is 12.5. The second-order valence-corrected chi connectivity index (χ2v) is 6.96. The minimum absolute atomic E-state index is 0.391. The molecule has 4 heteroatoms. The third-order valence-corrected chi connectivity index (χ3v) is 5.90. The van der Waals surface area contributed by atoms with Gasteiger partial charge in [-0.2, -0.15) is 0 Å². The molecule has 0 aromatic carbocycles. The number of hydrogen-bond donors (Lipinski definition) is 1. The van der Waals surface area contributed by atoms with Crippen molar-refractivity contribution >= 4 is 5.91 Å². The van der Waals surface area contributed by atoms with E-state index in [1.165, 1.54) is 25.7 Å². The number of nitrogens with one attached hydrogen (secondary N) is 1. The topological polar surface area (TPSA) is 35.6 Å². The van der Waals surface area contributed by atoms with Crippen LogP contribution < -0.4 is 5.32 Å². The molecule has 2 saturated carbocycles. The van der Waals surface area contributed by atoms with Crippen LogP contribution in [0.25, 0.3) is 0 Å². The van der Waals surface area contributed by atoms with Crippen LogP contribution in [-0.2, 0) is 4.79 Å². The first-order chi connectivity index (χ1) is 9.31. The number of carbonyl (C=O) groups excluding carboxylic acids is 1. The number of hydrogen-bond acceptors (Lipinski definition) is 3. The van der Waals surface area contributed by atoms with E-state index in [9.17, 15) is 4.79 Å². The van der Waals surface area contributed by atoms with E-state index >= 15 is 0 Å². The Balaban J connectivity index is 1.29. The molecule has 2 aliphatic heterocycles. The molecule has 4 fully saturated rings. The molecule has 0 radical (unpaired) electrons. The normalized spacial score (nSPS) is 39.6. The molecule has 1 N–H and O–H groups in total. The zero-order chi connectivity index (χ0) is 12.8. The van der Waals surface area contributed by atoms with Crippen LogP contribution in [0.5, 0.6) is 0 Å². The van der Waals surface area contributed by atoms with Crippen molar-refractivity contribution in [1.29, 1.82) is 0 Å². The van der Waals surface area contributed by atoms with Crippen LogP contribution >= 0.6 is 0 Å². The van der Waals surface area contributed by atoms with Crippen molar-refractivity contribution in [3.05, 3.63) is 0 Å². The van der Waals surface area contributed by atoms with E-state index in [-0.39, 0.29) is 0 Å². The predicted octanol–water partition coefficient (Wildman–Crippen LogP) is 0.539. The summed E-state index contributed by atoms with van der Waals surface area (Å²) in [5, 5.41) is 3.39. The number of nitrogens with zero attached hydrogens (tertiary/aromatic N) is 2. The minimum atomic E-state index is 0.391. The molecular weight excluding hydrogens is 238 g/mol. The lowest BCUT2D eigenvalue weighted by atomic mass is 9.86. The fourth-order valence-electron chi connectivity index (χ4n) is 4.70. The second-order valence-electron chi connectivity index (χ2n) is 6.96.